The van der Waals surface area contributed by atoms with Crippen molar-refractivity contribution in [1.29, 1.82) is 0 Å². The highest BCUT2D eigenvalue weighted by Gasteiger charge is 2.35. The summed E-state index contributed by atoms with van der Waals surface area (Å²) in [4.78, 5) is 12.4. The number of aromatic nitrogens is 1. The van der Waals surface area contributed by atoms with Gasteiger partial charge in [-0.1, -0.05) is 5.16 Å². The lowest BCUT2D eigenvalue weighted by Crippen LogP contribution is -2.41. The molecule has 10 heteroatoms. The fourth-order valence-electron chi connectivity index (χ4n) is 3.15. The van der Waals surface area contributed by atoms with Crippen LogP contribution in [0.5, 0.6) is 0 Å². The monoisotopic (exact) mass is 399 g/mol. The Balaban J connectivity index is 1.64. The molecule has 0 aliphatic carbocycles. The van der Waals surface area contributed by atoms with E-state index in [-0.39, 0.29) is 35.3 Å². The van der Waals surface area contributed by atoms with E-state index in [9.17, 15) is 22.0 Å². The van der Waals surface area contributed by atoms with Gasteiger partial charge in [-0.25, -0.2) is 17.2 Å². The van der Waals surface area contributed by atoms with E-state index in [0.29, 0.717) is 18.5 Å². The van der Waals surface area contributed by atoms with Crippen molar-refractivity contribution in [2.75, 3.05) is 18.4 Å². The van der Waals surface area contributed by atoms with Crippen LogP contribution in [0.4, 0.5) is 14.5 Å². The van der Waals surface area contributed by atoms with Crippen LogP contribution < -0.4 is 5.32 Å². The van der Waals surface area contributed by atoms with Gasteiger partial charge >= 0.3 is 0 Å². The van der Waals surface area contributed by atoms with E-state index in [1.54, 1.807) is 6.92 Å². The Bertz CT molecular complexity index is 947. The van der Waals surface area contributed by atoms with Crippen LogP contribution >= 0.6 is 0 Å². The minimum absolute atomic E-state index is 0.0622. The number of sulfonamides is 1. The molecule has 1 aromatic carbocycles. The first kappa shape index (κ1) is 19.4. The number of halogens is 2. The average Bonchev–Trinajstić information content (AvgIpc) is 2.97. The molecule has 1 saturated heterocycles. The highest BCUT2D eigenvalue weighted by Crippen LogP contribution is 2.28. The number of hydrogen-bond acceptors (Lipinski definition) is 5. The molecule has 2 heterocycles. The first-order valence-corrected chi connectivity index (χ1v) is 9.83. The molecule has 1 amide bonds. The molecule has 1 aliphatic rings. The van der Waals surface area contributed by atoms with Crippen LogP contribution in [0.15, 0.2) is 27.6 Å². The van der Waals surface area contributed by atoms with Crippen molar-refractivity contribution in [1.82, 2.24) is 9.46 Å². The maximum atomic E-state index is 13.2. The van der Waals surface area contributed by atoms with Gasteiger partial charge in [0.15, 0.2) is 17.4 Å². The fraction of sp³-hybridized carbons (Fsp3) is 0.412. The Hall–Kier alpha value is -2.33. The van der Waals surface area contributed by atoms with E-state index in [4.69, 9.17) is 4.52 Å². The molecule has 3 rings (SSSR count). The van der Waals surface area contributed by atoms with Crippen molar-refractivity contribution in [3.8, 4) is 0 Å². The number of hydrogen-bond donors (Lipinski definition) is 1. The largest absolute Gasteiger partial charge is 0.360 e. The fourth-order valence-corrected chi connectivity index (χ4v) is 4.91. The first-order valence-electron chi connectivity index (χ1n) is 8.39. The third kappa shape index (κ3) is 3.86. The van der Waals surface area contributed by atoms with Crippen molar-refractivity contribution in [2.24, 2.45) is 5.92 Å². The van der Waals surface area contributed by atoms with E-state index >= 15 is 0 Å². The second kappa shape index (κ2) is 7.35. The predicted molar refractivity (Wildman–Crippen MR) is 92.4 cm³/mol. The minimum Gasteiger partial charge on any atom is -0.360 e. The van der Waals surface area contributed by atoms with Gasteiger partial charge in [-0.2, -0.15) is 4.31 Å². The molecule has 27 heavy (non-hydrogen) atoms. The van der Waals surface area contributed by atoms with Gasteiger partial charge in [0.2, 0.25) is 15.9 Å². The Kier molecular flexibility index (Phi) is 5.29. The third-order valence-electron chi connectivity index (χ3n) is 4.58. The first-order chi connectivity index (χ1) is 12.7. The van der Waals surface area contributed by atoms with Crippen LogP contribution in [0.3, 0.4) is 0 Å². The van der Waals surface area contributed by atoms with Crippen LogP contribution in [0.1, 0.15) is 24.3 Å². The lowest BCUT2D eigenvalue weighted by Gasteiger charge is -2.30. The summed E-state index contributed by atoms with van der Waals surface area (Å²) in [6.45, 7) is 3.44. The standard InChI is InChI=1S/C17H19F2N3O4S/c1-10-16(11(2)26-21-10)27(24,25)22-7-5-12(6-8-22)17(23)20-13-3-4-14(18)15(19)9-13/h3-4,9,12H,5-8H2,1-2H3,(H,20,23). The lowest BCUT2D eigenvalue weighted by atomic mass is 9.97. The van der Waals surface area contributed by atoms with Crippen molar-refractivity contribution in [3.63, 3.8) is 0 Å². The molecule has 1 fully saturated rings. The summed E-state index contributed by atoms with van der Waals surface area (Å²) in [5.74, 6) is -2.59. The van der Waals surface area contributed by atoms with E-state index in [1.165, 1.54) is 17.3 Å². The molecule has 1 N–H and O–H groups in total. The maximum Gasteiger partial charge on any atom is 0.248 e. The number of aryl methyl sites for hydroxylation is 2. The van der Waals surface area contributed by atoms with Crippen LogP contribution in [0, 0.1) is 31.4 Å². The molecule has 146 valence electrons. The molecule has 0 atom stereocenters. The molecule has 1 aliphatic heterocycles. The zero-order valence-electron chi connectivity index (χ0n) is 14.8. The second-order valence-electron chi connectivity index (χ2n) is 6.45. The Morgan fingerprint density at radius 3 is 2.44 bits per heavy atom. The Labute approximate surface area is 155 Å². The van der Waals surface area contributed by atoms with Crippen molar-refractivity contribution < 1.29 is 26.5 Å². The number of rotatable bonds is 4. The highest BCUT2D eigenvalue weighted by molar-refractivity contribution is 7.89. The zero-order chi connectivity index (χ0) is 19.8. The van der Waals surface area contributed by atoms with Crippen LogP contribution in [-0.4, -0.2) is 36.9 Å². The van der Waals surface area contributed by atoms with Crippen LogP contribution in [0.2, 0.25) is 0 Å². The van der Waals surface area contributed by atoms with Gasteiger partial charge < -0.3 is 9.84 Å². The van der Waals surface area contributed by atoms with Gasteiger partial charge in [0.1, 0.15) is 10.6 Å². The van der Waals surface area contributed by atoms with Crippen LogP contribution in [0.25, 0.3) is 0 Å². The van der Waals surface area contributed by atoms with Gasteiger partial charge in [-0.3, -0.25) is 4.79 Å². The molecular weight excluding hydrogens is 380 g/mol. The van der Waals surface area contributed by atoms with Crippen molar-refractivity contribution in [2.45, 2.75) is 31.6 Å². The van der Waals surface area contributed by atoms with Crippen molar-refractivity contribution >= 4 is 21.6 Å². The van der Waals surface area contributed by atoms with Crippen molar-refractivity contribution in [3.05, 3.63) is 41.3 Å². The van der Waals surface area contributed by atoms with Gasteiger partial charge in [-0.05, 0) is 38.8 Å². The number of anilines is 1. The molecule has 2 aromatic rings. The molecule has 0 saturated carbocycles. The SMILES string of the molecule is Cc1noc(C)c1S(=O)(=O)N1CCC(C(=O)Nc2ccc(F)c(F)c2)CC1. The van der Waals surface area contributed by atoms with E-state index < -0.39 is 27.6 Å². The molecular formula is C17H19F2N3O4S. The summed E-state index contributed by atoms with van der Waals surface area (Å²) >= 11 is 0. The summed E-state index contributed by atoms with van der Waals surface area (Å²) in [5, 5.41) is 6.22. The molecule has 0 radical (unpaired) electrons. The summed E-state index contributed by atoms with van der Waals surface area (Å²) < 4.78 is 58.0. The molecule has 0 bridgehead atoms. The van der Waals surface area contributed by atoms with Gasteiger partial charge in [0.25, 0.3) is 0 Å². The predicted octanol–water partition coefficient (Wildman–Crippen LogP) is 2.61. The quantitative estimate of drug-likeness (QED) is 0.853. The third-order valence-corrected chi connectivity index (χ3v) is 6.72. The summed E-state index contributed by atoms with van der Waals surface area (Å²) in [6, 6.07) is 3.11. The number of benzene rings is 1. The van der Waals surface area contributed by atoms with E-state index in [1.807, 2.05) is 0 Å². The summed E-state index contributed by atoms with van der Waals surface area (Å²) in [7, 11) is -3.74. The van der Waals surface area contributed by atoms with Gasteiger partial charge in [0, 0.05) is 30.8 Å². The average molecular weight is 399 g/mol. The highest BCUT2D eigenvalue weighted by atomic mass is 32.2. The maximum absolute atomic E-state index is 13.2. The minimum atomic E-state index is -3.74. The Morgan fingerprint density at radius 1 is 1.22 bits per heavy atom. The van der Waals surface area contributed by atoms with Gasteiger partial charge in [0.05, 0.1) is 0 Å². The zero-order valence-corrected chi connectivity index (χ0v) is 15.6. The summed E-state index contributed by atoms with van der Waals surface area (Å²) in [5.41, 5.74) is 0.454. The van der Waals surface area contributed by atoms with E-state index in [0.717, 1.165) is 12.1 Å². The molecule has 7 nitrogen and oxygen atoms in total. The second-order valence-corrected chi connectivity index (χ2v) is 8.32. The number of amides is 1. The Morgan fingerprint density at radius 2 is 1.89 bits per heavy atom. The normalized spacial score (nSPS) is 16.4. The van der Waals surface area contributed by atoms with E-state index in [2.05, 4.69) is 10.5 Å². The molecule has 1 aromatic heterocycles. The van der Waals surface area contributed by atoms with Gasteiger partial charge in [-0.15, -0.1) is 0 Å². The lowest BCUT2D eigenvalue weighted by molar-refractivity contribution is -0.120. The topological polar surface area (TPSA) is 92.5 Å². The number of nitrogens with one attached hydrogen (secondary N) is 1. The smallest absolute Gasteiger partial charge is 0.248 e. The number of carbonyl (C=O) groups is 1. The number of carbonyl (C=O) groups excluding carboxylic acids is 1. The molecule has 0 unspecified atom stereocenters. The summed E-state index contributed by atoms with van der Waals surface area (Å²) in [6.07, 6.45) is 0.635. The molecule has 0 spiro atoms. The number of nitrogens with zero attached hydrogens (tertiary/aromatic N) is 2. The van der Waals surface area contributed by atoms with Crippen LogP contribution in [-0.2, 0) is 14.8 Å². The number of piperidine rings is 1.